The lowest BCUT2D eigenvalue weighted by Gasteiger charge is -2.46. The van der Waals surface area contributed by atoms with Crippen LogP contribution in [0.2, 0.25) is 0 Å². The van der Waals surface area contributed by atoms with E-state index < -0.39 is 0 Å². The summed E-state index contributed by atoms with van der Waals surface area (Å²) in [5.74, 6) is 0. The maximum Gasteiger partial charge on any atom is 0.0930 e. The minimum absolute atomic E-state index is 0.0266. The number of hydrogen-bond donors (Lipinski definition) is 2. The molecule has 0 aromatic heterocycles. The number of nitrogens with one attached hydrogen (secondary N) is 1. The van der Waals surface area contributed by atoms with Gasteiger partial charge in [0.2, 0.25) is 0 Å². The first-order chi connectivity index (χ1) is 5.35. The molecule has 2 aliphatic heterocycles. The predicted octanol–water partition coefficient (Wildman–Crippen LogP) is -1.26. The smallest absolute Gasteiger partial charge is 0.0930 e. The van der Waals surface area contributed by atoms with Crippen molar-refractivity contribution in [1.82, 2.24) is 5.32 Å². The van der Waals surface area contributed by atoms with Gasteiger partial charge in [-0.1, -0.05) is 0 Å². The minimum Gasteiger partial charge on any atom is -0.394 e. The number of rotatable bonds is 1. The summed E-state index contributed by atoms with van der Waals surface area (Å²) >= 11 is 0. The average molecular weight is 159 g/mol. The van der Waals surface area contributed by atoms with Gasteiger partial charge in [0.05, 0.1) is 38.1 Å². The summed E-state index contributed by atoms with van der Waals surface area (Å²) in [6, 6.07) is 0. The molecule has 0 radical (unpaired) electrons. The third-order valence-electron chi connectivity index (χ3n) is 2.26. The molecule has 0 aromatic rings. The maximum atomic E-state index is 8.76. The lowest BCUT2D eigenvalue weighted by Crippen LogP contribution is -2.68. The molecule has 1 unspecified atom stereocenters. The Kier molecular flexibility index (Phi) is 1.85. The standard InChI is InChI=1S/C7H13NO3/c9-2-6-1-8-7(5-11-6)3-10-4-7/h6,8-9H,1-5H2. The molecule has 2 heterocycles. The average Bonchev–Trinajstić information content (AvgIpc) is 2.02. The van der Waals surface area contributed by atoms with Crippen molar-refractivity contribution in [2.24, 2.45) is 0 Å². The highest BCUT2D eigenvalue weighted by Gasteiger charge is 2.42. The zero-order valence-electron chi connectivity index (χ0n) is 6.38. The zero-order valence-corrected chi connectivity index (χ0v) is 6.38. The molecule has 0 saturated carbocycles. The Bertz CT molecular complexity index is 137. The Morgan fingerprint density at radius 3 is 2.64 bits per heavy atom. The predicted molar refractivity (Wildman–Crippen MR) is 38.4 cm³/mol. The molecule has 1 atom stereocenters. The molecule has 4 nitrogen and oxygen atoms in total. The van der Waals surface area contributed by atoms with Crippen molar-refractivity contribution >= 4 is 0 Å². The molecule has 2 fully saturated rings. The molecule has 0 aromatic carbocycles. The number of ether oxygens (including phenoxy) is 2. The van der Waals surface area contributed by atoms with E-state index in [9.17, 15) is 0 Å². The fraction of sp³-hybridized carbons (Fsp3) is 1.00. The van der Waals surface area contributed by atoms with E-state index in [4.69, 9.17) is 14.6 Å². The molecule has 64 valence electrons. The molecule has 0 aliphatic carbocycles. The van der Waals surface area contributed by atoms with Crippen molar-refractivity contribution < 1.29 is 14.6 Å². The van der Waals surface area contributed by atoms with Crippen molar-refractivity contribution in [1.29, 1.82) is 0 Å². The van der Waals surface area contributed by atoms with Gasteiger partial charge in [0, 0.05) is 6.54 Å². The molecule has 1 spiro atoms. The highest BCUT2D eigenvalue weighted by molar-refractivity contribution is 4.97. The highest BCUT2D eigenvalue weighted by atomic mass is 16.5. The second kappa shape index (κ2) is 2.71. The van der Waals surface area contributed by atoms with Gasteiger partial charge in [-0.25, -0.2) is 0 Å². The van der Waals surface area contributed by atoms with Crippen LogP contribution in [-0.2, 0) is 9.47 Å². The first-order valence-electron chi connectivity index (χ1n) is 3.90. The Hall–Kier alpha value is -0.160. The van der Waals surface area contributed by atoms with Crippen molar-refractivity contribution in [3.05, 3.63) is 0 Å². The molecule has 0 amide bonds. The van der Waals surface area contributed by atoms with Gasteiger partial charge in [-0.2, -0.15) is 0 Å². The summed E-state index contributed by atoms with van der Waals surface area (Å²) in [7, 11) is 0. The fourth-order valence-corrected chi connectivity index (χ4v) is 1.37. The van der Waals surface area contributed by atoms with Crippen LogP contribution in [0, 0.1) is 0 Å². The Morgan fingerprint density at radius 2 is 2.27 bits per heavy atom. The monoisotopic (exact) mass is 159 g/mol. The molecule has 2 saturated heterocycles. The van der Waals surface area contributed by atoms with Crippen LogP contribution in [0.5, 0.6) is 0 Å². The van der Waals surface area contributed by atoms with E-state index >= 15 is 0 Å². The quantitative estimate of drug-likeness (QED) is 0.501. The fourth-order valence-electron chi connectivity index (χ4n) is 1.37. The Morgan fingerprint density at radius 1 is 1.45 bits per heavy atom. The van der Waals surface area contributed by atoms with Crippen LogP contribution >= 0.6 is 0 Å². The molecule has 4 heteroatoms. The summed E-state index contributed by atoms with van der Waals surface area (Å²) in [4.78, 5) is 0. The van der Waals surface area contributed by atoms with Crippen LogP contribution in [0.3, 0.4) is 0 Å². The molecule has 0 bridgehead atoms. The lowest BCUT2D eigenvalue weighted by molar-refractivity contribution is -0.155. The van der Waals surface area contributed by atoms with E-state index in [0.717, 1.165) is 19.8 Å². The zero-order chi connectivity index (χ0) is 7.73. The third-order valence-corrected chi connectivity index (χ3v) is 2.26. The maximum absolute atomic E-state index is 8.76. The Balaban J connectivity index is 1.84. The highest BCUT2D eigenvalue weighted by Crippen LogP contribution is 2.20. The van der Waals surface area contributed by atoms with E-state index in [-0.39, 0.29) is 18.2 Å². The van der Waals surface area contributed by atoms with Gasteiger partial charge in [-0.3, -0.25) is 0 Å². The SMILES string of the molecule is OCC1CNC2(COC2)CO1. The molecule has 2 aliphatic rings. The lowest BCUT2D eigenvalue weighted by atomic mass is 9.97. The first kappa shape index (κ1) is 7.49. The van der Waals surface area contributed by atoms with Crippen LogP contribution in [0.4, 0.5) is 0 Å². The van der Waals surface area contributed by atoms with Gasteiger partial charge in [0.15, 0.2) is 0 Å². The summed E-state index contributed by atoms with van der Waals surface area (Å²) in [6.07, 6.45) is -0.0266. The molecule has 11 heavy (non-hydrogen) atoms. The van der Waals surface area contributed by atoms with Crippen LogP contribution in [-0.4, -0.2) is 49.7 Å². The summed E-state index contributed by atoms with van der Waals surface area (Å²) < 4.78 is 10.5. The Labute approximate surface area is 65.5 Å². The molecule has 2 rings (SSSR count). The van der Waals surface area contributed by atoms with Gasteiger partial charge in [0.1, 0.15) is 0 Å². The van der Waals surface area contributed by atoms with Crippen LogP contribution < -0.4 is 5.32 Å². The number of hydrogen-bond acceptors (Lipinski definition) is 4. The van der Waals surface area contributed by atoms with Crippen molar-refractivity contribution in [2.45, 2.75) is 11.6 Å². The van der Waals surface area contributed by atoms with E-state index in [0.29, 0.717) is 6.61 Å². The van der Waals surface area contributed by atoms with Crippen molar-refractivity contribution in [3.8, 4) is 0 Å². The molecular formula is C7H13NO3. The van der Waals surface area contributed by atoms with Gasteiger partial charge in [0.25, 0.3) is 0 Å². The molecular weight excluding hydrogens is 146 g/mol. The van der Waals surface area contributed by atoms with Crippen LogP contribution in [0.25, 0.3) is 0 Å². The van der Waals surface area contributed by atoms with E-state index in [1.165, 1.54) is 0 Å². The summed E-state index contributed by atoms with van der Waals surface area (Å²) in [6.45, 7) is 2.98. The normalized spacial score (nSPS) is 35.2. The van der Waals surface area contributed by atoms with Gasteiger partial charge in [-0.15, -0.1) is 0 Å². The summed E-state index contributed by atoms with van der Waals surface area (Å²) in [5, 5.41) is 12.1. The van der Waals surface area contributed by atoms with Crippen molar-refractivity contribution in [2.75, 3.05) is 33.0 Å². The van der Waals surface area contributed by atoms with Gasteiger partial charge in [-0.05, 0) is 0 Å². The van der Waals surface area contributed by atoms with E-state index in [2.05, 4.69) is 5.32 Å². The first-order valence-corrected chi connectivity index (χ1v) is 3.90. The van der Waals surface area contributed by atoms with Crippen molar-refractivity contribution in [3.63, 3.8) is 0 Å². The largest absolute Gasteiger partial charge is 0.394 e. The molecule has 2 N–H and O–H groups in total. The van der Waals surface area contributed by atoms with E-state index in [1.807, 2.05) is 0 Å². The van der Waals surface area contributed by atoms with Gasteiger partial charge >= 0.3 is 0 Å². The van der Waals surface area contributed by atoms with E-state index in [1.54, 1.807) is 0 Å². The van der Waals surface area contributed by atoms with Crippen LogP contribution in [0.1, 0.15) is 0 Å². The minimum atomic E-state index is -0.0266. The van der Waals surface area contributed by atoms with Gasteiger partial charge < -0.3 is 19.9 Å². The second-order valence-electron chi connectivity index (χ2n) is 3.27. The van der Waals surface area contributed by atoms with Crippen LogP contribution in [0.15, 0.2) is 0 Å². The summed E-state index contributed by atoms with van der Waals surface area (Å²) in [5.41, 5.74) is 0.0751. The second-order valence-corrected chi connectivity index (χ2v) is 3.27. The number of morpholine rings is 1. The third kappa shape index (κ3) is 1.27. The number of aliphatic hydroxyl groups is 1. The number of aliphatic hydroxyl groups excluding tert-OH is 1. The topological polar surface area (TPSA) is 50.7 Å².